The van der Waals surface area contributed by atoms with Crippen molar-refractivity contribution >= 4 is 16.9 Å². The summed E-state index contributed by atoms with van der Waals surface area (Å²) in [5.41, 5.74) is 6.34. The molecule has 0 fully saturated rings. The average molecular weight is 548 g/mol. The number of pyridine rings is 1. The molecule has 5 aromatic rings. The maximum Gasteiger partial charge on any atom is 0.419 e. The summed E-state index contributed by atoms with van der Waals surface area (Å²) in [6.45, 7) is 5.10. The van der Waals surface area contributed by atoms with Crippen LogP contribution in [-0.4, -0.2) is 35.8 Å². The molecular formula is C29H28F3N7O. The van der Waals surface area contributed by atoms with Crippen molar-refractivity contribution in [3.63, 3.8) is 0 Å². The van der Waals surface area contributed by atoms with Gasteiger partial charge in [-0.3, -0.25) is 4.79 Å². The number of alkyl halides is 3. The van der Waals surface area contributed by atoms with Gasteiger partial charge in [-0.1, -0.05) is 32.0 Å². The van der Waals surface area contributed by atoms with E-state index in [1.54, 1.807) is 17.8 Å². The molecule has 0 radical (unpaired) electrons. The van der Waals surface area contributed by atoms with Crippen LogP contribution in [0.4, 0.5) is 19.1 Å². The number of para-hydroxylation sites is 1. The summed E-state index contributed by atoms with van der Waals surface area (Å²) in [6.07, 6.45) is 2.92. The lowest BCUT2D eigenvalue weighted by molar-refractivity contribution is -0.138. The van der Waals surface area contributed by atoms with Gasteiger partial charge in [0.2, 0.25) is 5.95 Å². The lowest BCUT2D eigenvalue weighted by Gasteiger charge is -2.27. The van der Waals surface area contributed by atoms with Crippen molar-refractivity contribution in [2.24, 2.45) is 7.05 Å². The largest absolute Gasteiger partial charge is 0.419 e. The summed E-state index contributed by atoms with van der Waals surface area (Å²) < 4.78 is 42.9. The number of hydrogen-bond donors (Lipinski definition) is 1. The second-order valence-corrected chi connectivity index (χ2v) is 9.98. The third-order valence-electron chi connectivity index (χ3n) is 7.61. The maximum absolute atomic E-state index is 13.1. The Hall–Kier alpha value is -4.41. The van der Waals surface area contributed by atoms with Crippen molar-refractivity contribution < 1.29 is 13.2 Å². The topological polar surface area (TPSA) is 84.6 Å². The Balaban J connectivity index is 1.58. The minimum Gasteiger partial charge on any atom is -0.357 e. The van der Waals surface area contributed by atoms with E-state index in [1.165, 1.54) is 0 Å². The van der Waals surface area contributed by atoms with Crippen molar-refractivity contribution in [3.05, 3.63) is 87.4 Å². The molecular weight excluding hydrogens is 519 g/mol. The highest BCUT2D eigenvalue weighted by molar-refractivity contribution is 5.95. The van der Waals surface area contributed by atoms with Crippen molar-refractivity contribution in [2.75, 3.05) is 11.4 Å². The Kier molecular flexibility index (Phi) is 6.24. The van der Waals surface area contributed by atoms with Gasteiger partial charge in [0.15, 0.2) is 0 Å². The molecule has 0 saturated heterocycles. The molecule has 1 N–H and O–H groups in total. The van der Waals surface area contributed by atoms with Gasteiger partial charge in [-0.25, -0.2) is 14.6 Å². The molecule has 206 valence electrons. The zero-order valence-corrected chi connectivity index (χ0v) is 22.4. The summed E-state index contributed by atoms with van der Waals surface area (Å²) in [6, 6.07) is 8.16. The zero-order valence-electron chi connectivity index (χ0n) is 22.4. The molecule has 0 saturated carbocycles. The molecule has 0 unspecified atom stereocenters. The lowest BCUT2D eigenvalue weighted by atomic mass is 9.98. The Labute approximate surface area is 228 Å². The van der Waals surface area contributed by atoms with Crippen LogP contribution in [0, 0.1) is 0 Å². The van der Waals surface area contributed by atoms with Crippen molar-refractivity contribution in [1.29, 1.82) is 0 Å². The highest BCUT2D eigenvalue weighted by Crippen LogP contribution is 2.38. The third-order valence-corrected chi connectivity index (χ3v) is 7.61. The Morgan fingerprint density at radius 3 is 2.40 bits per heavy atom. The van der Waals surface area contributed by atoms with Crippen LogP contribution in [0.5, 0.6) is 0 Å². The fourth-order valence-electron chi connectivity index (χ4n) is 5.56. The van der Waals surface area contributed by atoms with Gasteiger partial charge in [0.1, 0.15) is 5.52 Å². The Bertz CT molecular complexity index is 1760. The van der Waals surface area contributed by atoms with E-state index in [2.05, 4.69) is 47.0 Å². The molecule has 0 spiro atoms. The average Bonchev–Trinajstić information content (AvgIpc) is 3.59. The van der Waals surface area contributed by atoms with Gasteiger partial charge < -0.3 is 14.5 Å². The van der Waals surface area contributed by atoms with E-state index in [1.807, 2.05) is 21.8 Å². The number of fused-ring (bicyclic) bond motifs is 2. The minimum absolute atomic E-state index is 0.133. The summed E-state index contributed by atoms with van der Waals surface area (Å²) in [5.74, 6) is 0.229. The predicted octanol–water partition coefficient (Wildman–Crippen LogP) is 5.22. The molecule has 1 aliphatic heterocycles. The summed E-state index contributed by atoms with van der Waals surface area (Å²) in [7, 11) is 1.72. The van der Waals surface area contributed by atoms with Crippen molar-refractivity contribution in [3.8, 4) is 16.9 Å². The minimum atomic E-state index is -4.50. The zero-order chi connectivity index (χ0) is 28.2. The van der Waals surface area contributed by atoms with Crippen LogP contribution in [0.15, 0.2) is 53.8 Å². The number of rotatable bonds is 5. The van der Waals surface area contributed by atoms with Crippen LogP contribution in [0.3, 0.4) is 0 Å². The molecule has 0 aliphatic carbocycles. The smallest absolute Gasteiger partial charge is 0.357 e. The van der Waals surface area contributed by atoms with Crippen molar-refractivity contribution in [1.82, 2.24) is 29.3 Å². The van der Waals surface area contributed by atoms with Gasteiger partial charge in [-0.15, -0.1) is 0 Å². The Morgan fingerprint density at radius 2 is 1.75 bits per heavy atom. The van der Waals surface area contributed by atoms with Crippen LogP contribution in [0.1, 0.15) is 41.8 Å². The molecule has 0 atom stereocenters. The molecule has 1 aromatic carbocycles. The number of aryl methyl sites for hydroxylation is 3. The molecule has 5 heterocycles. The monoisotopic (exact) mass is 547 g/mol. The van der Waals surface area contributed by atoms with E-state index < -0.39 is 11.7 Å². The number of benzene rings is 1. The molecule has 8 nitrogen and oxygen atoms in total. The standard InChI is InChI=1S/C29H28F3N7O/c1-4-17-7-6-8-18(5-2)25(17)39-26(21-15-37(3)27(40)24-20(21)9-11-33-24)22-16-38(12-10-23(22)36-39)28-34-13-19(14-35-28)29(30,31)32/h6-9,11,13-15,33H,4-5,10,12,16H2,1-3H3. The molecule has 0 bridgehead atoms. The molecule has 1 aliphatic rings. The molecule has 11 heteroatoms. The number of H-pyrrole nitrogens is 1. The fraction of sp³-hybridized carbons (Fsp3) is 0.310. The third kappa shape index (κ3) is 4.16. The van der Waals surface area contributed by atoms with Crippen LogP contribution in [0.2, 0.25) is 0 Å². The van der Waals surface area contributed by atoms with Gasteiger partial charge in [0, 0.05) is 67.9 Å². The number of aromatic amines is 1. The van der Waals surface area contributed by atoms with Crippen LogP contribution in [-0.2, 0) is 39.0 Å². The number of nitrogens with zero attached hydrogens (tertiary/aromatic N) is 6. The fourth-order valence-corrected chi connectivity index (χ4v) is 5.56. The van der Waals surface area contributed by atoms with Crippen LogP contribution < -0.4 is 10.5 Å². The lowest BCUT2D eigenvalue weighted by Crippen LogP contribution is -2.32. The second kappa shape index (κ2) is 9.65. The SMILES string of the molecule is CCc1cccc(CC)c1-n1nc2c(c1-c1cn(C)c(=O)c3[nH]ccc13)CN(c1ncc(C(F)(F)F)cn1)CC2. The number of anilines is 1. The van der Waals surface area contributed by atoms with Gasteiger partial charge in [0.25, 0.3) is 5.56 Å². The normalized spacial score (nSPS) is 13.7. The van der Waals surface area contributed by atoms with Crippen LogP contribution in [0.25, 0.3) is 27.8 Å². The number of nitrogens with one attached hydrogen (secondary N) is 1. The number of halogens is 3. The number of hydrogen-bond acceptors (Lipinski definition) is 5. The summed E-state index contributed by atoms with van der Waals surface area (Å²) in [5, 5.41) is 5.91. The van der Waals surface area contributed by atoms with E-state index in [9.17, 15) is 18.0 Å². The second-order valence-electron chi connectivity index (χ2n) is 9.98. The molecule has 6 rings (SSSR count). The predicted molar refractivity (Wildman–Crippen MR) is 147 cm³/mol. The van der Waals surface area contributed by atoms with E-state index >= 15 is 0 Å². The first kappa shape index (κ1) is 25.8. The first-order valence-corrected chi connectivity index (χ1v) is 13.2. The van der Waals surface area contributed by atoms with Crippen molar-refractivity contribution in [2.45, 2.75) is 45.8 Å². The molecule has 0 amide bonds. The van der Waals surface area contributed by atoms with E-state index in [4.69, 9.17) is 5.10 Å². The first-order valence-electron chi connectivity index (χ1n) is 13.2. The quantitative estimate of drug-likeness (QED) is 0.326. The summed E-state index contributed by atoms with van der Waals surface area (Å²) in [4.78, 5) is 26.0. The van der Waals surface area contributed by atoms with Gasteiger partial charge in [-0.05, 0) is 30.0 Å². The molecule has 40 heavy (non-hydrogen) atoms. The first-order chi connectivity index (χ1) is 19.2. The summed E-state index contributed by atoms with van der Waals surface area (Å²) >= 11 is 0. The van der Waals surface area contributed by atoms with E-state index in [0.29, 0.717) is 25.0 Å². The highest BCUT2D eigenvalue weighted by atomic mass is 19.4. The highest BCUT2D eigenvalue weighted by Gasteiger charge is 2.33. The van der Waals surface area contributed by atoms with E-state index in [0.717, 1.165) is 70.0 Å². The van der Waals surface area contributed by atoms with E-state index in [-0.39, 0.29) is 11.5 Å². The molecule has 4 aromatic heterocycles. The van der Waals surface area contributed by atoms with Gasteiger partial charge in [-0.2, -0.15) is 18.3 Å². The van der Waals surface area contributed by atoms with Gasteiger partial charge in [0.05, 0.1) is 22.6 Å². The van der Waals surface area contributed by atoms with Crippen LogP contribution >= 0.6 is 0 Å². The maximum atomic E-state index is 13.1. The number of aromatic nitrogens is 6. The van der Waals surface area contributed by atoms with Gasteiger partial charge >= 0.3 is 6.18 Å². The Morgan fingerprint density at radius 1 is 1.05 bits per heavy atom.